The van der Waals surface area contributed by atoms with E-state index in [1.807, 2.05) is 11.3 Å². The van der Waals surface area contributed by atoms with Crippen molar-refractivity contribution >= 4 is 65.0 Å². The van der Waals surface area contributed by atoms with Gasteiger partial charge < -0.3 is 0 Å². The minimum Gasteiger partial charge on any atom is -0.225 e. The summed E-state index contributed by atoms with van der Waals surface area (Å²) in [5.74, 6) is 1.91. The minimum absolute atomic E-state index is 0.277. The van der Waals surface area contributed by atoms with Gasteiger partial charge in [0.1, 0.15) is 5.69 Å². The molecule has 0 atom stereocenters. The monoisotopic (exact) mass is 829 g/mol. The molecule has 4 heterocycles. The van der Waals surface area contributed by atoms with Gasteiger partial charge in [0.15, 0.2) is 22.8 Å². The van der Waals surface area contributed by atoms with E-state index in [0.717, 1.165) is 19.3 Å². The smallest absolute Gasteiger partial charge is 0.225 e. The Morgan fingerprint density at radius 1 is 0.694 bits per heavy atom. The predicted octanol–water partition coefficient (Wildman–Crippen LogP) is 15.3. The van der Waals surface area contributed by atoms with Gasteiger partial charge in [-0.3, -0.25) is 0 Å². The molecule has 0 saturated heterocycles. The average molecular weight is 830 g/mol. The van der Waals surface area contributed by atoms with Crippen LogP contribution in [0.4, 0.5) is 0 Å². The molecule has 310 valence electrons. The number of benzene rings is 6. The molecule has 6 aromatic carbocycles. The SMILES string of the molecule is CCCCc1ccc2c(c1)sc1c3c(ccc12)C(=Cc1ccccc1-c1n(-c2c(C(C)C)cccc2C(C)C)c2ccccc2[n+]1C)C(CC)(CC)[n+]1ccc2ccccc2c1-3. The second-order valence-corrected chi connectivity index (χ2v) is 19.3. The number of unbranched alkanes of at least 4 members (excludes halogenated alkanes) is 1. The van der Waals surface area contributed by atoms with E-state index >= 15 is 0 Å². The van der Waals surface area contributed by atoms with E-state index in [4.69, 9.17) is 0 Å². The number of para-hydroxylation sites is 3. The van der Waals surface area contributed by atoms with Crippen LogP contribution in [-0.2, 0) is 19.0 Å². The molecule has 0 saturated carbocycles. The van der Waals surface area contributed by atoms with Crippen LogP contribution < -0.4 is 9.13 Å². The molecule has 4 heteroatoms. The van der Waals surface area contributed by atoms with Crippen molar-refractivity contribution in [1.82, 2.24) is 4.57 Å². The number of imidazole rings is 1. The molecule has 0 fully saturated rings. The number of rotatable bonds is 10. The summed E-state index contributed by atoms with van der Waals surface area (Å²) in [6.45, 7) is 16.4. The molecule has 1 aliphatic rings. The number of nitrogens with zero attached hydrogens (tertiary/aromatic N) is 3. The second-order valence-electron chi connectivity index (χ2n) is 18.2. The van der Waals surface area contributed by atoms with Crippen molar-refractivity contribution in [3.8, 4) is 28.3 Å². The topological polar surface area (TPSA) is 12.7 Å². The third kappa shape index (κ3) is 6.12. The minimum atomic E-state index is -0.277. The molecule has 0 aliphatic carbocycles. The quantitative estimate of drug-likeness (QED) is 0.122. The molecular formula is C58H59N3S+2. The summed E-state index contributed by atoms with van der Waals surface area (Å²) in [6, 6.07) is 48.6. The lowest BCUT2D eigenvalue weighted by Crippen LogP contribution is -2.59. The van der Waals surface area contributed by atoms with Crippen molar-refractivity contribution in [3.63, 3.8) is 0 Å². The van der Waals surface area contributed by atoms with Crippen molar-refractivity contribution in [1.29, 1.82) is 0 Å². The molecule has 3 nitrogen and oxygen atoms in total. The molecule has 0 amide bonds. The predicted molar refractivity (Wildman–Crippen MR) is 266 cm³/mol. The van der Waals surface area contributed by atoms with Gasteiger partial charge in [-0.1, -0.05) is 146 Å². The Bertz CT molecular complexity index is 3200. The van der Waals surface area contributed by atoms with Crippen LogP contribution in [0.15, 0.2) is 134 Å². The maximum atomic E-state index is 2.67. The largest absolute Gasteiger partial charge is 0.295 e. The van der Waals surface area contributed by atoms with Crippen LogP contribution in [0.2, 0.25) is 0 Å². The fourth-order valence-electron chi connectivity index (χ4n) is 10.9. The summed E-state index contributed by atoms with van der Waals surface area (Å²) < 4.78 is 10.5. The lowest BCUT2D eigenvalue weighted by atomic mass is 9.73. The fourth-order valence-corrected chi connectivity index (χ4v) is 12.2. The number of pyridine rings is 1. The van der Waals surface area contributed by atoms with Crippen LogP contribution in [0.1, 0.15) is 114 Å². The number of fused-ring (bicyclic) bond motifs is 10. The van der Waals surface area contributed by atoms with Gasteiger partial charge in [-0.05, 0) is 83.2 Å². The Morgan fingerprint density at radius 2 is 1.40 bits per heavy atom. The molecule has 1 aliphatic heterocycles. The zero-order valence-corrected chi connectivity index (χ0v) is 38.5. The molecule has 0 N–H and O–H groups in total. The Hall–Kier alpha value is -5.84. The standard InChI is InChI=1S/C58H59N3S/c1-9-12-20-39-29-30-46-47-31-32-48-49(58(10-2,11-3)60-34-33-40-21-13-15-23-44(40)55(60)53(48)56(47)62-52(46)35-39)36-41-22-14-16-24-45(41)57-59(8)50-27-17-18-28-51(50)61(57)54-42(37(4)5)25-19-26-43(54)38(6)7/h13-19,21-38H,9-12,20H2,1-8H3/q+2. The lowest BCUT2D eigenvalue weighted by Gasteiger charge is -2.36. The number of hydrogen-bond donors (Lipinski definition) is 0. The van der Waals surface area contributed by atoms with Gasteiger partial charge in [-0.25, -0.2) is 4.57 Å². The van der Waals surface area contributed by atoms with Gasteiger partial charge >= 0.3 is 0 Å². The summed E-state index contributed by atoms with van der Waals surface area (Å²) in [4.78, 5) is 0. The van der Waals surface area contributed by atoms with Crippen molar-refractivity contribution in [2.45, 2.75) is 97.9 Å². The Balaban J connectivity index is 1.30. The van der Waals surface area contributed by atoms with Gasteiger partial charge in [-0.2, -0.15) is 9.13 Å². The summed E-state index contributed by atoms with van der Waals surface area (Å²) in [5.41, 5.74) is 15.6. The highest BCUT2D eigenvalue weighted by Gasteiger charge is 2.49. The van der Waals surface area contributed by atoms with Crippen LogP contribution >= 0.6 is 11.3 Å². The summed E-state index contributed by atoms with van der Waals surface area (Å²) in [6.07, 6.45) is 10.5. The van der Waals surface area contributed by atoms with Gasteiger partial charge in [0.25, 0.3) is 5.82 Å². The van der Waals surface area contributed by atoms with Crippen LogP contribution in [0.25, 0.3) is 82.0 Å². The third-order valence-corrected chi connectivity index (χ3v) is 15.3. The van der Waals surface area contributed by atoms with E-state index in [2.05, 4.69) is 209 Å². The molecule has 9 aromatic rings. The fraction of sp³-hybridized carbons (Fsp3) is 0.276. The summed E-state index contributed by atoms with van der Waals surface area (Å²) in [5, 5.41) is 5.32. The van der Waals surface area contributed by atoms with Crippen molar-refractivity contribution in [2.24, 2.45) is 7.05 Å². The van der Waals surface area contributed by atoms with E-state index in [9.17, 15) is 0 Å². The molecular weight excluding hydrogens is 771 g/mol. The number of aromatic nitrogens is 3. The van der Waals surface area contributed by atoms with Gasteiger partial charge in [0.2, 0.25) is 5.69 Å². The number of allylic oxidation sites excluding steroid dienone is 1. The lowest BCUT2D eigenvalue weighted by molar-refractivity contribution is -0.740. The van der Waals surface area contributed by atoms with Crippen molar-refractivity contribution in [3.05, 3.63) is 161 Å². The van der Waals surface area contributed by atoms with Crippen molar-refractivity contribution < 1.29 is 9.13 Å². The molecule has 62 heavy (non-hydrogen) atoms. The number of aryl methyl sites for hydroxylation is 2. The zero-order chi connectivity index (χ0) is 42.9. The highest BCUT2D eigenvalue weighted by molar-refractivity contribution is 7.26. The Labute approximate surface area is 371 Å². The molecule has 0 spiro atoms. The van der Waals surface area contributed by atoms with Crippen LogP contribution in [0.3, 0.4) is 0 Å². The van der Waals surface area contributed by atoms with E-state index in [1.54, 1.807) is 0 Å². The van der Waals surface area contributed by atoms with Gasteiger partial charge in [0, 0.05) is 51.1 Å². The molecule has 3 aromatic heterocycles. The maximum Gasteiger partial charge on any atom is 0.295 e. The van der Waals surface area contributed by atoms with E-state index < -0.39 is 0 Å². The first-order chi connectivity index (χ1) is 30.2. The first-order valence-electron chi connectivity index (χ1n) is 23.1. The summed E-state index contributed by atoms with van der Waals surface area (Å²) >= 11 is 1.98. The van der Waals surface area contributed by atoms with Gasteiger partial charge in [0.05, 0.1) is 28.3 Å². The van der Waals surface area contributed by atoms with E-state index in [-0.39, 0.29) is 5.54 Å². The van der Waals surface area contributed by atoms with Crippen molar-refractivity contribution in [2.75, 3.05) is 0 Å². The Kier molecular flexibility index (Phi) is 10.3. The molecule has 0 unspecified atom stereocenters. The zero-order valence-electron chi connectivity index (χ0n) is 37.7. The van der Waals surface area contributed by atoms with Crippen LogP contribution in [0.5, 0.6) is 0 Å². The number of thiophene rings is 1. The first kappa shape index (κ1) is 40.2. The van der Waals surface area contributed by atoms with Gasteiger partial charge in [-0.15, -0.1) is 11.3 Å². The third-order valence-electron chi connectivity index (χ3n) is 14.1. The molecule has 0 bridgehead atoms. The highest BCUT2D eigenvalue weighted by Crippen LogP contribution is 2.52. The first-order valence-corrected chi connectivity index (χ1v) is 23.9. The maximum absolute atomic E-state index is 2.67. The normalized spacial score (nSPS) is 14.3. The molecule has 10 rings (SSSR count). The highest BCUT2D eigenvalue weighted by atomic mass is 32.1. The Morgan fingerprint density at radius 3 is 2.16 bits per heavy atom. The second kappa shape index (κ2) is 15.8. The van der Waals surface area contributed by atoms with Crippen LogP contribution in [-0.4, -0.2) is 4.57 Å². The summed E-state index contributed by atoms with van der Waals surface area (Å²) in [7, 11) is 2.26. The van der Waals surface area contributed by atoms with E-state index in [1.165, 1.54) is 117 Å². The number of hydrogen-bond acceptors (Lipinski definition) is 1. The average Bonchev–Trinajstić information content (AvgIpc) is 3.82. The van der Waals surface area contributed by atoms with Crippen LogP contribution in [0, 0.1) is 0 Å². The molecule has 0 radical (unpaired) electrons. The van der Waals surface area contributed by atoms with E-state index in [0.29, 0.717) is 11.8 Å².